The smallest absolute Gasteiger partial charge is 0.173 e. The fraction of sp³-hybridized carbons (Fsp3) is 0.308. The minimum Gasteiger partial charge on any atom is -0.309 e. The van der Waals surface area contributed by atoms with E-state index in [1.165, 1.54) is 0 Å². The van der Waals surface area contributed by atoms with Crippen molar-refractivity contribution in [1.29, 1.82) is 0 Å². The summed E-state index contributed by atoms with van der Waals surface area (Å²) in [6.07, 6.45) is 3.93. The van der Waals surface area contributed by atoms with Crippen molar-refractivity contribution in [2.75, 3.05) is 0 Å². The maximum atomic E-state index is 14.4. The number of rotatable bonds is 2. The molecule has 0 N–H and O–H groups in total. The van der Waals surface area contributed by atoms with Crippen LogP contribution in [-0.4, -0.2) is 0 Å². The molecule has 0 saturated heterocycles. The average molecular weight is 434 g/mol. The molecular weight excluding hydrogens is 406 g/mol. The van der Waals surface area contributed by atoms with Gasteiger partial charge in [0, 0.05) is 31.9 Å². The molecule has 0 aromatic heterocycles. The van der Waals surface area contributed by atoms with Gasteiger partial charge in [-0.25, -0.2) is 0 Å². The Bertz CT molecular complexity index is 1210. The van der Waals surface area contributed by atoms with Crippen molar-refractivity contribution >= 4 is 24.9 Å². The summed E-state index contributed by atoms with van der Waals surface area (Å²) in [5.74, 6) is 0. The van der Waals surface area contributed by atoms with Crippen LogP contribution >= 0.6 is 14.3 Å². The van der Waals surface area contributed by atoms with Gasteiger partial charge in [0.15, 0.2) is 14.3 Å². The molecule has 6 rings (SSSR count). The summed E-state index contributed by atoms with van der Waals surface area (Å²) in [4.78, 5) is 0. The molecule has 4 aliphatic heterocycles. The quantitative estimate of drug-likeness (QED) is 0.478. The summed E-state index contributed by atoms with van der Waals surface area (Å²) in [6.45, 7) is 12.9. The van der Waals surface area contributed by atoms with E-state index >= 15 is 0 Å². The molecule has 0 saturated carbocycles. The van der Waals surface area contributed by atoms with Crippen LogP contribution < -0.4 is 10.6 Å². The lowest BCUT2D eigenvalue weighted by atomic mass is 9.87. The third-order valence-electron chi connectivity index (χ3n) is 6.52. The maximum absolute atomic E-state index is 14.4. The first-order valence-electron chi connectivity index (χ1n) is 10.5. The van der Waals surface area contributed by atoms with Crippen LogP contribution in [0.5, 0.6) is 0 Å². The molecule has 2 atom stereocenters. The molecule has 4 heterocycles. The molecule has 0 spiro atoms. The SMILES string of the molecule is CC(C)(C)c1ccccc1P1(=O)c2ccc3c1c2P3(=O)c1ccccc1C(C)(C)C. The third kappa shape index (κ3) is 2.27. The van der Waals surface area contributed by atoms with Gasteiger partial charge in [-0.1, -0.05) is 90.1 Å². The first-order valence-corrected chi connectivity index (χ1v) is 13.9. The highest BCUT2D eigenvalue weighted by molar-refractivity contribution is 7.94. The van der Waals surface area contributed by atoms with E-state index in [-0.39, 0.29) is 10.8 Å². The van der Waals surface area contributed by atoms with Crippen molar-refractivity contribution in [3.05, 3.63) is 93.1 Å². The highest BCUT2D eigenvalue weighted by Crippen LogP contribution is 2.95. The van der Waals surface area contributed by atoms with Gasteiger partial charge in [0.25, 0.3) is 0 Å². The van der Waals surface area contributed by atoms with Gasteiger partial charge >= 0.3 is 0 Å². The lowest BCUT2D eigenvalue weighted by Crippen LogP contribution is -2.37. The van der Waals surface area contributed by atoms with E-state index in [1.54, 1.807) is 0 Å². The van der Waals surface area contributed by atoms with Gasteiger partial charge < -0.3 is 9.13 Å². The summed E-state index contributed by atoms with van der Waals surface area (Å²) in [6, 6.07) is 16.2. The molecule has 0 fully saturated rings. The van der Waals surface area contributed by atoms with Crippen LogP contribution in [-0.2, 0) is 20.0 Å². The molecule has 154 valence electrons. The standard InChI is InChI=1S/C26H28O2P2/c1-25(2,3)17-11-7-9-13-19(17)29(27)21-15-16-22-23(29)24(21)30(22,28)20-14-10-8-12-18(20)26(4,5)6/h7-16H,1-6H3. The minimum absolute atomic E-state index is 0.106. The van der Waals surface area contributed by atoms with Gasteiger partial charge in [0.05, 0.1) is 0 Å². The molecule has 2 aromatic carbocycles. The first-order chi connectivity index (χ1) is 13.9. The molecule has 2 aromatic rings. The number of hydrogen-bond donors (Lipinski definition) is 0. The Balaban J connectivity index is 1.71. The Hall–Kier alpha value is -1.88. The van der Waals surface area contributed by atoms with E-state index in [1.807, 2.05) is 48.6 Å². The molecule has 0 aliphatic carbocycles. The first kappa shape index (κ1) is 20.0. The average Bonchev–Trinajstić information content (AvgIpc) is 2.70. The van der Waals surface area contributed by atoms with E-state index in [0.717, 1.165) is 43.0 Å². The van der Waals surface area contributed by atoms with Crippen molar-refractivity contribution in [1.82, 2.24) is 0 Å². The summed E-state index contributed by atoms with van der Waals surface area (Å²) in [5.41, 5.74) is 2.02. The second-order valence-electron chi connectivity index (χ2n) is 10.6. The lowest BCUT2D eigenvalue weighted by Gasteiger charge is -2.53. The minimum atomic E-state index is -2.86. The number of benzene rings is 2. The Morgan fingerprint density at radius 3 is 1.20 bits per heavy atom. The second-order valence-corrected chi connectivity index (χ2v) is 15.8. The molecule has 0 radical (unpaired) electrons. The number of fused-ring (bicyclic) bond motifs is 1. The summed E-state index contributed by atoms with van der Waals surface area (Å²) in [5, 5.41) is 5.23. The van der Waals surface area contributed by atoms with Gasteiger partial charge in [0.1, 0.15) is 0 Å². The van der Waals surface area contributed by atoms with Crippen molar-refractivity contribution < 1.29 is 9.13 Å². The summed E-state index contributed by atoms with van der Waals surface area (Å²) >= 11 is 0. The molecule has 2 nitrogen and oxygen atoms in total. The highest BCUT2D eigenvalue weighted by Gasteiger charge is 2.67. The topological polar surface area (TPSA) is 34.1 Å². The predicted molar refractivity (Wildman–Crippen MR) is 128 cm³/mol. The van der Waals surface area contributed by atoms with Crippen molar-refractivity contribution in [2.45, 2.75) is 52.4 Å². The van der Waals surface area contributed by atoms with E-state index < -0.39 is 14.3 Å². The Labute approximate surface area is 179 Å². The van der Waals surface area contributed by atoms with Crippen LogP contribution in [0.15, 0.2) is 81.9 Å². The van der Waals surface area contributed by atoms with Crippen molar-refractivity contribution in [3.63, 3.8) is 0 Å². The van der Waals surface area contributed by atoms with Crippen LogP contribution in [0.3, 0.4) is 0 Å². The molecular formula is C26H28O2P2. The lowest BCUT2D eigenvalue weighted by molar-refractivity contribution is 0.572. The van der Waals surface area contributed by atoms with Gasteiger partial charge in [-0.3, -0.25) is 0 Å². The fourth-order valence-corrected chi connectivity index (χ4v) is 13.9. The largest absolute Gasteiger partial charge is 0.309 e. The molecule has 4 heteroatoms. The third-order valence-corrected chi connectivity index (χ3v) is 13.5. The van der Waals surface area contributed by atoms with Gasteiger partial charge in [0.2, 0.25) is 0 Å². The van der Waals surface area contributed by atoms with E-state index in [9.17, 15) is 9.13 Å². The zero-order valence-electron chi connectivity index (χ0n) is 18.5. The molecule has 0 amide bonds. The monoisotopic (exact) mass is 434 g/mol. The highest BCUT2D eigenvalue weighted by atomic mass is 31.2. The van der Waals surface area contributed by atoms with Crippen molar-refractivity contribution in [3.8, 4) is 0 Å². The van der Waals surface area contributed by atoms with Crippen LogP contribution in [0.4, 0.5) is 0 Å². The van der Waals surface area contributed by atoms with E-state index in [0.29, 0.717) is 0 Å². The molecule has 4 aliphatic rings. The summed E-state index contributed by atoms with van der Waals surface area (Å²) < 4.78 is 28.9. The Kier molecular flexibility index (Phi) is 3.93. The predicted octanol–water partition coefficient (Wildman–Crippen LogP) is 6.98. The number of hydrogen-bond acceptors (Lipinski definition) is 2. The van der Waals surface area contributed by atoms with Gasteiger partial charge in [-0.2, -0.15) is 0 Å². The van der Waals surface area contributed by atoms with E-state index in [2.05, 4.69) is 53.7 Å². The van der Waals surface area contributed by atoms with E-state index in [4.69, 9.17) is 0 Å². The molecule has 4 bridgehead atoms. The second kappa shape index (κ2) is 5.87. The number of allylic oxidation sites excluding steroid dienone is 6. The molecule has 30 heavy (non-hydrogen) atoms. The Morgan fingerprint density at radius 2 is 0.900 bits per heavy atom. The maximum Gasteiger partial charge on any atom is 0.173 e. The summed E-state index contributed by atoms with van der Waals surface area (Å²) in [7, 11) is -5.71. The Morgan fingerprint density at radius 1 is 0.567 bits per heavy atom. The normalized spacial score (nSPS) is 27.1. The van der Waals surface area contributed by atoms with Crippen molar-refractivity contribution in [2.24, 2.45) is 0 Å². The zero-order valence-corrected chi connectivity index (χ0v) is 20.3. The fourth-order valence-electron chi connectivity index (χ4n) is 5.09. The van der Waals surface area contributed by atoms with Crippen LogP contribution in [0.2, 0.25) is 0 Å². The van der Waals surface area contributed by atoms with Crippen LogP contribution in [0.25, 0.3) is 0 Å². The van der Waals surface area contributed by atoms with Gasteiger partial charge in [-0.15, -0.1) is 0 Å². The van der Waals surface area contributed by atoms with Crippen LogP contribution in [0, 0.1) is 0 Å². The van der Waals surface area contributed by atoms with Gasteiger partial charge in [-0.05, 0) is 34.1 Å². The molecule has 2 unspecified atom stereocenters. The van der Waals surface area contributed by atoms with Crippen LogP contribution in [0.1, 0.15) is 52.7 Å². The zero-order chi connectivity index (χ0) is 21.7.